The van der Waals surface area contributed by atoms with E-state index in [9.17, 15) is 9.90 Å². The molecule has 1 unspecified atom stereocenters. The molecular formula is C21H24N2O3. The average molecular weight is 352 g/mol. The zero-order chi connectivity index (χ0) is 18.6. The number of hydrogen-bond donors (Lipinski definition) is 2. The Kier molecular flexibility index (Phi) is 5.49. The van der Waals surface area contributed by atoms with Crippen LogP contribution in [0.15, 0.2) is 53.5 Å². The second kappa shape index (κ2) is 7.81. The van der Waals surface area contributed by atoms with Gasteiger partial charge in [-0.05, 0) is 18.6 Å². The van der Waals surface area contributed by atoms with Crippen LogP contribution in [0.2, 0.25) is 0 Å². The molecule has 26 heavy (non-hydrogen) atoms. The van der Waals surface area contributed by atoms with E-state index in [1.54, 1.807) is 7.11 Å². The van der Waals surface area contributed by atoms with Crippen LogP contribution in [-0.2, 0) is 16.1 Å². The van der Waals surface area contributed by atoms with Gasteiger partial charge in [0.15, 0.2) is 11.4 Å². The van der Waals surface area contributed by atoms with Crippen LogP contribution in [0, 0.1) is 0 Å². The van der Waals surface area contributed by atoms with Crippen LogP contribution in [-0.4, -0.2) is 35.9 Å². The SMILES string of the molecule is CCCC(=O)C1(OC)CNc2ccccc2C1=Nc1ccccc1CO. The molecule has 0 radical (unpaired) electrons. The Morgan fingerprint density at radius 2 is 1.96 bits per heavy atom. The van der Waals surface area contributed by atoms with Gasteiger partial charge in [-0.2, -0.15) is 0 Å². The van der Waals surface area contributed by atoms with Gasteiger partial charge in [0.2, 0.25) is 0 Å². The first-order valence-corrected chi connectivity index (χ1v) is 8.86. The summed E-state index contributed by atoms with van der Waals surface area (Å²) in [5.74, 6) is 0.00438. The van der Waals surface area contributed by atoms with Gasteiger partial charge in [0.1, 0.15) is 0 Å². The van der Waals surface area contributed by atoms with Crippen molar-refractivity contribution >= 4 is 22.9 Å². The number of aliphatic hydroxyl groups is 1. The first kappa shape index (κ1) is 18.3. The fourth-order valence-electron chi connectivity index (χ4n) is 3.33. The molecule has 1 heterocycles. The maximum absolute atomic E-state index is 13.0. The van der Waals surface area contributed by atoms with Crippen molar-refractivity contribution < 1.29 is 14.6 Å². The molecule has 1 atom stereocenters. The Balaban J connectivity index is 2.23. The number of methoxy groups -OCH3 is 1. The van der Waals surface area contributed by atoms with Crippen LogP contribution in [0.4, 0.5) is 11.4 Å². The zero-order valence-electron chi connectivity index (χ0n) is 15.2. The summed E-state index contributed by atoms with van der Waals surface area (Å²) in [6, 6.07) is 15.2. The number of hydrogen-bond acceptors (Lipinski definition) is 5. The number of Topliss-reactive ketones (excluding diaryl/α,β-unsaturated/α-hetero) is 1. The molecule has 2 aromatic carbocycles. The van der Waals surface area contributed by atoms with E-state index in [4.69, 9.17) is 9.73 Å². The number of aliphatic imine (C=N–C) groups is 1. The Bertz CT molecular complexity index is 832. The highest BCUT2D eigenvalue weighted by atomic mass is 16.5. The van der Waals surface area contributed by atoms with E-state index in [-0.39, 0.29) is 12.4 Å². The van der Waals surface area contributed by atoms with Crippen molar-refractivity contribution in [1.82, 2.24) is 0 Å². The van der Waals surface area contributed by atoms with Crippen LogP contribution in [0.3, 0.4) is 0 Å². The zero-order valence-corrected chi connectivity index (χ0v) is 15.2. The summed E-state index contributed by atoms with van der Waals surface area (Å²) in [5.41, 5.74) is 2.57. The fraction of sp³-hybridized carbons (Fsp3) is 0.333. The predicted octanol–water partition coefficient (Wildman–Crippen LogP) is 3.48. The molecule has 2 aromatic rings. The molecule has 1 aliphatic rings. The van der Waals surface area contributed by atoms with Crippen molar-refractivity contribution in [3.63, 3.8) is 0 Å². The molecule has 0 aliphatic carbocycles. The molecule has 1 aliphatic heterocycles. The van der Waals surface area contributed by atoms with Gasteiger partial charge in [0.25, 0.3) is 0 Å². The summed E-state index contributed by atoms with van der Waals surface area (Å²) >= 11 is 0. The maximum atomic E-state index is 13.0. The molecular weight excluding hydrogens is 328 g/mol. The van der Waals surface area contributed by atoms with Gasteiger partial charge >= 0.3 is 0 Å². The van der Waals surface area contributed by atoms with Gasteiger partial charge in [-0.1, -0.05) is 43.3 Å². The molecule has 0 saturated heterocycles. The van der Waals surface area contributed by atoms with Crippen LogP contribution in [0.1, 0.15) is 30.9 Å². The summed E-state index contributed by atoms with van der Waals surface area (Å²) < 4.78 is 5.80. The van der Waals surface area contributed by atoms with Gasteiger partial charge < -0.3 is 15.2 Å². The number of benzene rings is 2. The van der Waals surface area contributed by atoms with Crippen molar-refractivity contribution in [1.29, 1.82) is 0 Å². The molecule has 5 heteroatoms. The summed E-state index contributed by atoms with van der Waals surface area (Å²) in [6.45, 7) is 2.19. The average Bonchev–Trinajstić information content (AvgIpc) is 2.69. The first-order chi connectivity index (χ1) is 12.7. The lowest BCUT2D eigenvalue weighted by Gasteiger charge is -2.37. The number of fused-ring (bicyclic) bond motifs is 1. The Morgan fingerprint density at radius 1 is 1.23 bits per heavy atom. The number of anilines is 1. The predicted molar refractivity (Wildman–Crippen MR) is 103 cm³/mol. The van der Waals surface area contributed by atoms with Crippen LogP contribution < -0.4 is 5.32 Å². The number of ketones is 1. The van der Waals surface area contributed by atoms with Gasteiger partial charge in [0, 0.05) is 30.3 Å². The van der Waals surface area contributed by atoms with E-state index >= 15 is 0 Å². The van der Waals surface area contributed by atoms with Crippen LogP contribution >= 0.6 is 0 Å². The summed E-state index contributed by atoms with van der Waals surface area (Å²) in [7, 11) is 1.55. The second-order valence-corrected chi connectivity index (χ2v) is 6.35. The largest absolute Gasteiger partial charge is 0.392 e. The number of ether oxygens (including phenoxy) is 1. The third kappa shape index (κ3) is 3.16. The quantitative estimate of drug-likeness (QED) is 0.835. The Hall–Kier alpha value is -2.50. The van der Waals surface area contributed by atoms with E-state index in [1.807, 2.05) is 55.5 Å². The van der Waals surface area contributed by atoms with Crippen LogP contribution in [0.25, 0.3) is 0 Å². The van der Waals surface area contributed by atoms with Crippen molar-refractivity contribution in [2.75, 3.05) is 19.0 Å². The molecule has 0 bridgehead atoms. The normalized spacial score (nSPS) is 20.5. The molecule has 0 spiro atoms. The first-order valence-electron chi connectivity index (χ1n) is 8.86. The lowest BCUT2D eigenvalue weighted by Crippen LogP contribution is -2.56. The van der Waals surface area contributed by atoms with Crippen molar-refractivity contribution in [2.45, 2.75) is 32.0 Å². The maximum Gasteiger partial charge on any atom is 0.185 e. The summed E-state index contributed by atoms with van der Waals surface area (Å²) in [6.07, 6.45) is 1.16. The van der Waals surface area contributed by atoms with E-state index in [0.29, 0.717) is 29.9 Å². The lowest BCUT2D eigenvalue weighted by molar-refractivity contribution is -0.132. The topological polar surface area (TPSA) is 70.9 Å². The summed E-state index contributed by atoms with van der Waals surface area (Å²) in [5, 5.41) is 13.0. The molecule has 0 saturated carbocycles. The van der Waals surface area contributed by atoms with Gasteiger partial charge in [-0.15, -0.1) is 0 Å². The molecule has 0 amide bonds. The van der Waals surface area contributed by atoms with Crippen LogP contribution in [0.5, 0.6) is 0 Å². The standard InChI is InChI=1S/C21H24N2O3/c1-3-8-19(25)21(26-2)14-22-18-12-7-5-10-16(18)20(21)23-17-11-6-4-9-15(17)13-24/h4-7,9-12,22,24H,3,8,13-14H2,1-2H3. The highest BCUT2D eigenvalue weighted by Gasteiger charge is 2.46. The van der Waals surface area contributed by atoms with Crippen molar-refractivity contribution in [3.8, 4) is 0 Å². The molecule has 136 valence electrons. The van der Waals surface area contributed by atoms with E-state index in [2.05, 4.69) is 5.32 Å². The highest BCUT2D eigenvalue weighted by Crippen LogP contribution is 2.34. The van der Waals surface area contributed by atoms with E-state index in [1.165, 1.54) is 0 Å². The Labute approximate surface area is 153 Å². The van der Waals surface area contributed by atoms with Gasteiger partial charge in [-0.3, -0.25) is 4.79 Å². The third-order valence-corrected chi connectivity index (χ3v) is 4.76. The number of para-hydroxylation sites is 2. The van der Waals surface area contributed by atoms with Crippen molar-refractivity contribution in [2.24, 2.45) is 4.99 Å². The monoisotopic (exact) mass is 352 g/mol. The number of carbonyl (C=O) groups excluding carboxylic acids is 1. The Morgan fingerprint density at radius 3 is 2.69 bits per heavy atom. The molecule has 3 rings (SSSR count). The molecule has 5 nitrogen and oxygen atoms in total. The fourth-order valence-corrected chi connectivity index (χ4v) is 3.33. The lowest BCUT2D eigenvalue weighted by atomic mass is 9.82. The minimum Gasteiger partial charge on any atom is -0.392 e. The van der Waals surface area contributed by atoms with Gasteiger partial charge in [0.05, 0.1) is 24.6 Å². The smallest absolute Gasteiger partial charge is 0.185 e. The number of aliphatic hydroxyl groups excluding tert-OH is 1. The highest BCUT2D eigenvalue weighted by molar-refractivity contribution is 6.24. The number of rotatable bonds is 6. The minimum atomic E-state index is -1.15. The molecule has 2 N–H and O–H groups in total. The van der Waals surface area contributed by atoms with E-state index in [0.717, 1.165) is 17.7 Å². The number of nitrogens with zero attached hydrogens (tertiary/aromatic N) is 1. The second-order valence-electron chi connectivity index (χ2n) is 6.35. The number of carbonyl (C=O) groups is 1. The third-order valence-electron chi connectivity index (χ3n) is 4.76. The van der Waals surface area contributed by atoms with Gasteiger partial charge in [-0.25, -0.2) is 4.99 Å². The van der Waals surface area contributed by atoms with Crippen molar-refractivity contribution in [3.05, 3.63) is 59.7 Å². The minimum absolute atomic E-state index is 0.00438. The van der Waals surface area contributed by atoms with E-state index < -0.39 is 5.60 Å². The number of nitrogens with one attached hydrogen (secondary N) is 1. The molecule has 0 aromatic heterocycles. The molecule has 0 fully saturated rings. The summed E-state index contributed by atoms with van der Waals surface area (Å²) in [4.78, 5) is 17.8.